The number of aliphatic hydroxyl groups excluding tert-OH is 1. The van der Waals surface area contributed by atoms with Crippen LogP contribution in [0.5, 0.6) is 11.5 Å². The summed E-state index contributed by atoms with van der Waals surface area (Å²) in [6.07, 6.45) is 1.66. The highest BCUT2D eigenvalue weighted by Crippen LogP contribution is 2.36. The Bertz CT molecular complexity index is 1200. The second-order valence-corrected chi connectivity index (χ2v) is 8.51. The van der Waals surface area contributed by atoms with E-state index in [1.807, 2.05) is 6.92 Å². The molecule has 1 aliphatic rings. The molecule has 1 fully saturated rings. The summed E-state index contributed by atoms with van der Waals surface area (Å²) in [5.41, 5.74) is -0.265. The Morgan fingerprint density at radius 1 is 1.26 bits per heavy atom. The van der Waals surface area contributed by atoms with Crippen LogP contribution < -0.4 is 14.8 Å². The predicted molar refractivity (Wildman–Crippen MR) is 125 cm³/mol. The number of benzene rings is 2. The lowest BCUT2D eigenvalue weighted by molar-refractivity contribution is -0.0583. The zero-order chi connectivity index (χ0) is 25.2. The second kappa shape index (κ2) is 10.2. The zero-order valence-corrected chi connectivity index (χ0v) is 19.8. The van der Waals surface area contributed by atoms with Gasteiger partial charge in [-0.2, -0.15) is 8.78 Å². The van der Waals surface area contributed by atoms with Gasteiger partial charge in [-0.05, 0) is 38.8 Å². The molecule has 7 nitrogen and oxygen atoms in total. The van der Waals surface area contributed by atoms with Crippen LogP contribution in [0.15, 0.2) is 30.3 Å². The van der Waals surface area contributed by atoms with Gasteiger partial charge in [0.1, 0.15) is 30.2 Å². The maximum Gasteiger partial charge on any atom is 0.298 e. The third-order valence-corrected chi connectivity index (χ3v) is 6.01. The first-order valence-corrected chi connectivity index (χ1v) is 11.4. The Balaban J connectivity index is 1.65. The molecular formula is C25H28F3N3O4. The number of alkyl halides is 2. The molecule has 3 aromatic rings. The molecule has 2 unspecified atom stereocenters. The molecular weight excluding hydrogens is 463 g/mol. The first kappa shape index (κ1) is 25.0. The van der Waals surface area contributed by atoms with Crippen molar-refractivity contribution in [1.82, 2.24) is 9.97 Å². The number of ether oxygens (including phenoxy) is 3. The number of nitrogens with one attached hydrogen (secondary N) is 1. The lowest BCUT2D eigenvalue weighted by atomic mass is 10.0. The van der Waals surface area contributed by atoms with Crippen molar-refractivity contribution in [3.05, 3.63) is 53.1 Å². The van der Waals surface area contributed by atoms with E-state index >= 15 is 0 Å². The van der Waals surface area contributed by atoms with E-state index in [2.05, 4.69) is 15.3 Å². The molecule has 188 valence electrons. The lowest BCUT2D eigenvalue weighted by Crippen LogP contribution is -2.28. The molecule has 4 rings (SSSR count). The van der Waals surface area contributed by atoms with Gasteiger partial charge in [0.05, 0.1) is 24.3 Å². The Kier molecular flexibility index (Phi) is 7.32. The van der Waals surface area contributed by atoms with Crippen LogP contribution in [0.1, 0.15) is 36.7 Å². The van der Waals surface area contributed by atoms with Gasteiger partial charge in [-0.15, -0.1) is 0 Å². The number of methoxy groups -OCH3 is 1. The van der Waals surface area contributed by atoms with Crippen LogP contribution in [0.2, 0.25) is 0 Å². The predicted octanol–water partition coefficient (Wildman–Crippen LogP) is 4.73. The molecule has 0 bridgehead atoms. The number of aryl methyl sites for hydroxylation is 1. The molecule has 2 heterocycles. The zero-order valence-electron chi connectivity index (χ0n) is 19.8. The third-order valence-electron chi connectivity index (χ3n) is 6.01. The molecule has 0 aliphatic carbocycles. The van der Waals surface area contributed by atoms with Gasteiger partial charge in [0.2, 0.25) is 0 Å². The number of aliphatic hydroxyl groups is 1. The molecule has 0 saturated carbocycles. The molecule has 35 heavy (non-hydrogen) atoms. The smallest absolute Gasteiger partial charge is 0.298 e. The largest absolute Gasteiger partial charge is 0.493 e. The number of hydrogen-bond donors (Lipinski definition) is 2. The highest BCUT2D eigenvalue weighted by molar-refractivity contribution is 5.91. The van der Waals surface area contributed by atoms with Crippen molar-refractivity contribution >= 4 is 16.7 Å². The van der Waals surface area contributed by atoms with Gasteiger partial charge in [-0.3, -0.25) is 0 Å². The molecule has 0 spiro atoms. The van der Waals surface area contributed by atoms with E-state index in [-0.39, 0.29) is 24.3 Å². The van der Waals surface area contributed by atoms with Crippen molar-refractivity contribution in [3.63, 3.8) is 0 Å². The van der Waals surface area contributed by atoms with Gasteiger partial charge in [-0.1, -0.05) is 12.1 Å². The number of halogens is 3. The topological polar surface area (TPSA) is 85.7 Å². The van der Waals surface area contributed by atoms with Crippen LogP contribution in [0.3, 0.4) is 0 Å². The molecule has 1 aliphatic heterocycles. The summed E-state index contributed by atoms with van der Waals surface area (Å²) in [6, 6.07) is 7.16. The van der Waals surface area contributed by atoms with Crippen molar-refractivity contribution in [1.29, 1.82) is 0 Å². The summed E-state index contributed by atoms with van der Waals surface area (Å²) in [7, 11) is 1.54. The van der Waals surface area contributed by atoms with Crippen LogP contribution in [0, 0.1) is 12.7 Å². The van der Waals surface area contributed by atoms with Crippen molar-refractivity contribution in [2.45, 2.75) is 51.4 Å². The molecule has 1 aromatic heterocycles. The third kappa shape index (κ3) is 5.28. The first-order valence-electron chi connectivity index (χ1n) is 11.4. The SMILES string of the molecule is COc1cc2nc(C)nc(NCc3cccc(C(F)(F)CO)c3F)c2cc1OC(C)C1CCCO1. The van der Waals surface area contributed by atoms with Crippen LogP contribution in [0.25, 0.3) is 10.9 Å². The maximum atomic E-state index is 14.8. The highest BCUT2D eigenvalue weighted by atomic mass is 19.3. The van der Waals surface area contributed by atoms with Crippen LogP contribution in [0.4, 0.5) is 19.0 Å². The van der Waals surface area contributed by atoms with Gasteiger partial charge in [-0.25, -0.2) is 14.4 Å². The summed E-state index contributed by atoms with van der Waals surface area (Å²) in [5, 5.41) is 12.6. The lowest BCUT2D eigenvalue weighted by Gasteiger charge is -2.22. The molecule has 10 heteroatoms. The van der Waals surface area contributed by atoms with E-state index in [9.17, 15) is 13.2 Å². The minimum absolute atomic E-state index is 0.0111. The number of aromatic nitrogens is 2. The quantitative estimate of drug-likeness (QED) is 0.448. The van der Waals surface area contributed by atoms with Gasteiger partial charge in [0.25, 0.3) is 5.92 Å². The molecule has 1 saturated heterocycles. The molecule has 2 aromatic carbocycles. The molecule has 0 amide bonds. The first-order chi connectivity index (χ1) is 16.7. The molecule has 2 N–H and O–H groups in total. The number of nitrogens with zero attached hydrogens (tertiary/aromatic N) is 2. The van der Waals surface area contributed by atoms with E-state index in [4.69, 9.17) is 19.3 Å². The van der Waals surface area contributed by atoms with Crippen LogP contribution in [-0.2, 0) is 17.2 Å². The van der Waals surface area contributed by atoms with Gasteiger partial charge < -0.3 is 24.6 Å². The maximum absolute atomic E-state index is 14.8. The average molecular weight is 492 g/mol. The summed E-state index contributed by atoms with van der Waals surface area (Å²) >= 11 is 0. The Labute approximate surface area is 201 Å². The fourth-order valence-corrected chi connectivity index (χ4v) is 4.15. The standard InChI is InChI=1S/C25H28F3N3O4/c1-14(20-8-5-9-34-20)35-22-10-17-19(11-21(22)33-3)30-15(2)31-24(17)29-12-16-6-4-7-18(23(16)26)25(27,28)13-32/h4,6-7,10-11,14,20,32H,5,8-9,12-13H2,1-3H3,(H,29,30,31). The summed E-state index contributed by atoms with van der Waals surface area (Å²) in [6.45, 7) is 2.76. The Hall–Kier alpha value is -3.11. The minimum Gasteiger partial charge on any atom is -0.493 e. The van der Waals surface area contributed by atoms with Gasteiger partial charge in [0, 0.05) is 30.2 Å². The summed E-state index contributed by atoms with van der Waals surface area (Å²) in [4.78, 5) is 8.89. The Morgan fingerprint density at radius 3 is 2.74 bits per heavy atom. The highest BCUT2D eigenvalue weighted by Gasteiger charge is 2.34. The summed E-state index contributed by atoms with van der Waals surface area (Å²) < 4.78 is 60.0. The van der Waals surface area contributed by atoms with E-state index in [0.717, 1.165) is 18.9 Å². The van der Waals surface area contributed by atoms with Gasteiger partial charge >= 0.3 is 0 Å². The van der Waals surface area contributed by atoms with E-state index < -0.39 is 23.9 Å². The number of anilines is 1. The van der Waals surface area contributed by atoms with Crippen molar-refractivity contribution < 1.29 is 32.5 Å². The normalized spacial score (nSPS) is 16.9. The van der Waals surface area contributed by atoms with E-state index in [0.29, 0.717) is 40.7 Å². The number of fused-ring (bicyclic) bond motifs is 1. The molecule has 0 radical (unpaired) electrons. The van der Waals surface area contributed by atoms with Crippen molar-refractivity contribution in [2.75, 3.05) is 25.6 Å². The number of rotatable bonds is 9. The monoisotopic (exact) mass is 491 g/mol. The van der Waals surface area contributed by atoms with Crippen molar-refractivity contribution in [2.24, 2.45) is 0 Å². The summed E-state index contributed by atoms with van der Waals surface area (Å²) in [5.74, 6) is -2.93. The van der Waals surface area contributed by atoms with E-state index in [1.165, 1.54) is 19.2 Å². The van der Waals surface area contributed by atoms with Crippen LogP contribution in [-0.4, -0.2) is 47.6 Å². The average Bonchev–Trinajstić information content (AvgIpc) is 3.38. The fourth-order valence-electron chi connectivity index (χ4n) is 4.15. The van der Waals surface area contributed by atoms with Gasteiger partial charge in [0.15, 0.2) is 11.5 Å². The second-order valence-electron chi connectivity index (χ2n) is 8.51. The van der Waals surface area contributed by atoms with Crippen molar-refractivity contribution in [3.8, 4) is 11.5 Å². The minimum atomic E-state index is -3.68. The number of hydrogen-bond acceptors (Lipinski definition) is 7. The molecule has 2 atom stereocenters. The van der Waals surface area contributed by atoms with Crippen LogP contribution >= 0.6 is 0 Å². The fraction of sp³-hybridized carbons (Fsp3) is 0.440. The van der Waals surface area contributed by atoms with E-state index in [1.54, 1.807) is 19.1 Å². The Morgan fingerprint density at radius 2 is 2.06 bits per heavy atom.